The molecule has 0 fully saturated rings. The summed E-state index contributed by atoms with van der Waals surface area (Å²) in [5, 5.41) is 16.3. The molecule has 1 aromatic carbocycles. The second-order valence-electron chi connectivity index (χ2n) is 4.77. The van der Waals surface area contributed by atoms with Gasteiger partial charge in [-0.05, 0) is 31.2 Å². The molecule has 2 aromatic rings. The number of nitrogens with zero attached hydrogens (tertiary/aromatic N) is 3. The average Bonchev–Trinajstić information content (AvgIpc) is 2.82. The molecule has 0 unspecified atom stereocenters. The van der Waals surface area contributed by atoms with Crippen molar-refractivity contribution in [1.29, 1.82) is 0 Å². The number of carbonyl (C=O) groups excluding carboxylic acids is 1. The third-order valence-electron chi connectivity index (χ3n) is 2.86. The van der Waals surface area contributed by atoms with E-state index in [-0.39, 0.29) is 17.6 Å². The number of hydrogen-bond donors (Lipinski definition) is 2. The number of aromatic nitrogens is 3. The lowest BCUT2D eigenvalue weighted by atomic mass is 10.2. The van der Waals surface area contributed by atoms with E-state index in [4.69, 9.17) is 0 Å². The maximum Gasteiger partial charge on any atom is 0.249 e. The molecule has 1 amide bonds. The van der Waals surface area contributed by atoms with Gasteiger partial charge in [-0.1, -0.05) is 13.8 Å². The standard InChI is InChI=1S/C14H18N4O2/c1-4-18-12(10-5-7-11(19)8-6-10)15-14(17-18)16-13(20)9(2)3/h5-9,19H,4H2,1-3H3,(H,16,17,20). The van der Waals surface area contributed by atoms with E-state index < -0.39 is 0 Å². The van der Waals surface area contributed by atoms with E-state index in [9.17, 15) is 9.90 Å². The fourth-order valence-electron chi connectivity index (χ4n) is 1.69. The van der Waals surface area contributed by atoms with Crippen LogP contribution in [-0.2, 0) is 11.3 Å². The number of aryl methyl sites for hydroxylation is 1. The van der Waals surface area contributed by atoms with Gasteiger partial charge in [0.2, 0.25) is 11.9 Å². The van der Waals surface area contributed by atoms with Crippen LogP contribution in [0.5, 0.6) is 5.75 Å². The number of amides is 1. The van der Waals surface area contributed by atoms with E-state index in [2.05, 4.69) is 15.4 Å². The Morgan fingerprint density at radius 2 is 2.00 bits per heavy atom. The van der Waals surface area contributed by atoms with Crippen LogP contribution in [0.15, 0.2) is 24.3 Å². The van der Waals surface area contributed by atoms with E-state index in [1.165, 1.54) is 0 Å². The predicted octanol–water partition coefficient (Wildman–Crippen LogP) is 2.27. The number of aromatic hydroxyl groups is 1. The summed E-state index contributed by atoms with van der Waals surface area (Å²) in [4.78, 5) is 16.0. The lowest BCUT2D eigenvalue weighted by molar-refractivity contribution is -0.118. The Morgan fingerprint density at radius 1 is 1.35 bits per heavy atom. The number of carbonyl (C=O) groups is 1. The van der Waals surface area contributed by atoms with Crippen molar-refractivity contribution in [2.24, 2.45) is 5.92 Å². The van der Waals surface area contributed by atoms with Crippen molar-refractivity contribution in [3.63, 3.8) is 0 Å². The Balaban J connectivity index is 2.31. The van der Waals surface area contributed by atoms with Gasteiger partial charge in [0.25, 0.3) is 0 Å². The first-order valence-electron chi connectivity index (χ1n) is 6.56. The van der Waals surface area contributed by atoms with Gasteiger partial charge >= 0.3 is 0 Å². The third kappa shape index (κ3) is 2.96. The number of benzene rings is 1. The molecule has 6 heteroatoms. The minimum Gasteiger partial charge on any atom is -0.508 e. The Labute approximate surface area is 117 Å². The number of anilines is 1. The number of rotatable bonds is 4. The molecular formula is C14H18N4O2. The predicted molar refractivity (Wildman–Crippen MR) is 76.3 cm³/mol. The molecule has 2 N–H and O–H groups in total. The summed E-state index contributed by atoms with van der Waals surface area (Å²) in [6, 6.07) is 6.71. The summed E-state index contributed by atoms with van der Waals surface area (Å²) >= 11 is 0. The van der Waals surface area contributed by atoms with Gasteiger partial charge in [0.05, 0.1) is 0 Å². The van der Waals surface area contributed by atoms with Crippen molar-refractivity contribution >= 4 is 11.9 Å². The van der Waals surface area contributed by atoms with Crippen molar-refractivity contribution in [3.8, 4) is 17.1 Å². The molecule has 106 valence electrons. The van der Waals surface area contributed by atoms with Crippen LogP contribution in [0.1, 0.15) is 20.8 Å². The van der Waals surface area contributed by atoms with Crippen LogP contribution < -0.4 is 5.32 Å². The molecule has 0 atom stereocenters. The van der Waals surface area contributed by atoms with Crippen molar-refractivity contribution in [2.75, 3.05) is 5.32 Å². The molecule has 0 aliphatic carbocycles. The number of hydrogen-bond acceptors (Lipinski definition) is 4. The molecule has 0 aliphatic rings. The zero-order chi connectivity index (χ0) is 14.7. The quantitative estimate of drug-likeness (QED) is 0.896. The number of phenols is 1. The zero-order valence-corrected chi connectivity index (χ0v) is 11.8. The molecule has 0 saturated carbocycles. The summed E-state index contributed by atoms with van der Waals surface area (Å²) < 4.78 is 1.71. The van der Waals surface area contributed by atoms with E-state index in [0.717, 1.165) is 5.56 Å². The topological polar surface area (TPSA) is 80.0 Å². The van der Waals surface area contributed by atoms with Gasteiger partial charge in [0.15, 0.2) is 5.82 Å². The molecule has 0 bridgehead atoms. The first kappa shape index (κ1) is 14.0. The van der Waals surface area contributed by atoms with Crippen LogP contribution in [0, 0.1) is 5.92 Å². The van der Waals surface area contributed by atoms with Crippen LogP contribution in [0.4, 0.5) is 5.95 Å². The maximum absolute atomic E-state index is 11.7. The summed E-state index contributed by atoms with van der Waals surface area (Å²) in [5.74, 6) is 0.918. The molecular weight excluding hydrogens is 256 g/mol. The molecule has 0 saturated heterocycles. The van der Waals surface area contributed by atoms with Gasteiger partial charge in [-0.3, -0.25) is 10.1 Å². The first-order valence-corrected chi connectivity index (χ1v) is 6.56. The molecule has 1 heterocycles. The third-order valence-corrected chi connectivity index (χ3v) is 2.86. The van der Waals surface area contributed by atoms with Crippen molar-refractivity contribution in [2.45, 2.75) is 27.3 Å². The molecule has 1 aromatic heterocycles. The van der Waals surface area contributed by atoms with E-state index in [1.807, 2.05) is 20.8 Å². The highest BCUT2D eigenvalue weighted by molar-refractivity contribution is 5.90. The van der Waals surface area contributed by atoms with Gasteiger partial charge < -0.3 is 5.11 Å². The molecule has 0 radical (unpaired) electrons. The zero-order valence-electron chi connectivity index (χ0n) is 11.8. The normalized spacial score (nSPS) is 10.8. The summed E-state index contributed by atoms with van der Waals surface area (Å²) in [6.45, 7) is 6.22. The second-order valence-corrected chi connectivity index (χ2v) is 4.77. The fourth-order valence-corrected chi connectivity index (χ4v) is 1.69. The maximum atomic E-state index is 11.7. The van der Waals surface area contributed by atoms with Gasteiger partial charge in [0.1, 0.15) is 5.75 Å². The minimum atomic E-state index is -0.124. The molecule has 0 aliphatic heterocycles. The average molecular weight is 274 g/mol. The Bertz CT molecular complexity index is 602. The fraction of sp³-hybridized carbons (Fsp3) is 0.357. The first-order chi connectivity index (χ1) is 9.51. The Hall–Kier alpha value is -2.37. The molecule has 20 heavy (non-hydrogen) atoms. The van der Waals surface area contributed by atoms with E-state index in [1.54, 1.807) is 28.9 Å². The van der Waals surface area contributed by atoms with Gasteiger partial charge in [-0.2, -0.15) is 4.98 Å². The van der Waals surface area contributed by atoms with Gasteiger partial charge in [-0.15, -0.1) is 5.10 Å². The monoisotopic (exact) mass is 274 g/mol. The Kier molecular flexibility index (Phi) is 4.02. The smallest absolute Gasteiger partial charge is 0.249 e. The van der Waals surface area contributed by atoms with Crippen LogP contribution in [-0.4, -0.2) is 25.8 Å². The largest absolute Gasteiger partial charge is 0.508 e. The Morgan fingerprint density at radius 3 is 2.55 bits per heavy atom. The van der Waals surface area contributed by atoms with Crippen LogP contribution in [0.2, 0.25) is 0 Å². The second kappa shape index (κ2) is 5.73. The number of phenolic OH excluding ortho intramolecular Hbond substituents is 1. The molecule has 0 spiro atoms. The SMILES string of the molecule is CCn1nc(NC(=O)C(C)C)nc1-c1ccc(O)cc1. The highest BCUT2D eigenvalue weighted by Crippen LogP contribution is 2.21. The highest BCUT2D eigenvalue weighted by atomic mass is 16.3. The van der Waals surface area contributed by atoms with Crippen molar-refractivity contribution in [1.82, 2.24) is 14.8 Å². The lowest BCUT2D eigenvalue weighted by Gasteiger charge is -2.02. The van der Waals surface area contributed by atoms with Crippen LogP contribution in [0.3, 0.4) is 0 Å². The van der Waals surface area contributed by atoms with Gasteiger partial charge in [0, 0.05) is 18.0 Å². The lowest BCUT2D eigenvalue weighted by Crippen LogP contribution is -2.18. The van der Waals surface area contributed by atoms with Crippen LogP contribution >= 0.6 is 0 Å². The molecule has 6 nitrogen and oxygen atoms in total. The van der Waals surface area contributed by atoms with E-state index in [0.29, 0.717) is 18.3 Å². The van der Waals surface area contributed by atoms with Crippen LogP contribution in [0.25, 0.3) is 11.4 Å². The summed E-state index contributed by atoms with van der Waals surface area (Å²) in [5.41, 5.74) is 0.835. The number of nitrogens with one attached hydrogen (secondary N) is 1. The molecule has 2 rings (SSSR count). The summed E-state index contributed by atoms with van der Waals surface area (Å²) in [7, 11) is 0. The highest BCUT2D eigenvalue weighted by Gasteiger charge is 2.14. The minimum absolute atomic E-state index is 0.115. The van der Waals surface area contributed by atoms with Crippen molar-refractivity contribution in [3.05, 3.63) is 24.3 Å². The van der Waals surface area contributed by atoms with Gasteiger partial charge in [-0.25, -0.2) is 4.68 Å². The van der Waals surface area contributed by atoms with Crippen molar-refractivity contribution < 1.29 is 9.90 Å². The summed E-state index contributed by atoms with van der Waals surface area (Å²) in [6.07, 6.45) is 0. The van der Waals surface area contributed by atoms with E-state index >= 15 is 0 Å².